The van der Waals surface area contributed by atoms with E-state index in [-0.39, 0.29) is 12.5 Å². The molecule has 1 rings (SSSR count). The van der Waals surface area contributed by atoms with Crippen LogP contribution in [0.5, 0.6) is 0 Å². The van der Waals surface area contributed by atoms with Crippen molar-refractivity contribution in [3.63, 3.8) is 0 Å². The first kappa shape index (κ1) is 16.5. The van der Waals surface area contributed by atoms with E-state index in [1.54, 1.807) is 4.90 Å². The predicted molar refractivity (Wildman–Crippen MR) is 78.6 cm³/mol. The fraction of sp³-hybridized carbons (Fsp3) is 0.733. The second-order valence-corrected chi connectivity index (χ2v) is 5.64. The normalized spacial score (nSPS) is 18.7. The molecule has 0 spiro atoms. The number of likely N-dealkylation sites (tertiary alicyclic amines) is 1. The first-order chi connectivity index (χ1) is 9.43. The maximum absolute atomic E-state index is 12.4. The molecule has 1 fully saturated rings. The Bertz CT molecular complexity index is 368. The van der Waals surface area contributed by atoms with Gasteiger partial charge in [-0.1, -0.05) is 12.2 Å². The molecule has 5 heteroatoms. The van der Waals surface area contributed by atoms with Crippen LogP contribution in [0.3, 0.4) is 0 Å². The van der Waals surface area contributed by atoms with Gasteiger partial charge in [-0.25, -0.2) is 4.79 Å². The topological polar surface area (TPSA) is 60.9 Å². The van der Waals surface area contributed by atoms with E-state index in [0.717, 1.165) is 25.0 Å². The van der Waals surface area contributed by atoms with E-state index in [1.165, 1.54) is 0 Å². The quantitative estimate of drug-likeness (QED) is 0.762. The standard InChI is InChI=1S/C15H26N2O3/c1-4-16(10-12(2)3)15(20)17-9-5-6-13(11-17)7-8-14(18)19/h13H,2,4-11H2,1,3H3,(H,18,19). The summed E-state index contributed by atoms with van der Waals surface area (Å²) in [6.07, 6.45) is 2.83. The summed E-state index contributed by atoms with van der Waals surface area (Å²) in [7, 11) is 0. The Labute approximate surface area is 121 Å². The average molecular weight is 282 g/mol. The number of carbonyl (C=O) groups excluding carboxylic acids is 1. The maximum atomic E-state index is 12.4. The molecule has 1 heterocycles. The summed E-state index contributed by atoms with van der Waals surface area (Å²) in [5.41, 5.74) is 0.972. The van der Waals surface area contributed by atoms with Gasteiger partial charge < -0.3 is 14.9 Å². The molecule has 0 saturated carbocycles. The Morgan fingerprint density at radius 3 is 2.70 bits per heavy atom. The number of aliphatic carboxylic acids is 1. The molecular weight excluding hydrogens is 256 g/mol. The third-order valence-corrected chi connectivity index (χ3v) is 3.67. The summed E-state index contributed by atoms with van der Waals surface area (Å²) < 4.78 is 0. The largest absolute Gasteiger partial charge is 0.481 e. The second-order valence-electron chi connectivity index (χ2n) is 5.64. The van der Waals surface area contributed by atoms with Crippen LogP contribution >= 0.6 is 0 Å². The van der Waals surface area contributed by atoms with Crippen molar-refractivity contribution in [3.05, 3.63) is 12.2 Å². The van der Waals surface area contributed by atoms with Crippen LogP contribution in [-0.2, 0) is 4.79 Å². The smallest absolute Gasteiger partial charge is 0.320 e. The van der Waals surface area contributed by atoms with E-state index < -0.39 is 5.97 Å². The molecule has 1 saturated heterocycles. The number of likely N-dealkylation sites (N-methyl/N-ethyl adjacent to an activating group) is 1. The molecule has 1 aliphatic heterocycles. The average Bonchev–Trinajstić information content (AvgIpc) is 2.42. The van der Waals surface area contributed by atoms with Crippen LogP contribution in [0.2, 0.25) is 0 Å². The van der Waals surface area contributed by atoms with Crippen molar-refractivity contribution in [3.8, 4) is 0 Å². The van der Waals surface area contributed by atoms with Crippen LogP contribution in [0.25, 0.3) is 0 Å². The van der Waals surface area contributed by atoms with Crippen molar-refractivity contribution in [2.45, 2.75) is 39.5 Å². The lowest BCUT2D eigenvalue weighted by Gasteiger charge is -2.36. The number of amides is 2. The number of nitrogens with zero attached hydrogens (tertiary/aromatic N) is 2. The Morgan fingerprint density at radius 1 is 1.45 bits per heavy atom. The summed E-state index contributed by atoms with van der Waals surface area (Å²) in [6.45, 7) is 10.4. The molecule has 0 aromatic heterocycles. The third-order valence-electron chi connectivity index (χ3n) is 3.67. The van der Waals surface area contributed by atoms with E-state index in [2.05, 4.69) is 6.58 Å². The van der Waals surface area contributed by atoms with Gasteiger partial charge in [0.15, 0.2) is 0 Å². The second kappa shape index (κ2) is 7.92. The van der Waals surface area contributed by atoms with Crippen molar-refractivity contribution in [1.29, 1.82) is 0 Å². The van der Waals surface area contributed by atoms with Crippen LogP contribution in [0, 0.1) is 5.92 Å². The van der Waals surface area contributed by atoms with Gasteiger partial charge in [0.1, 0.15) is 0 Å². The van der Waals surface area contributed by atoms with E-state index in [4.69, 9.17) is 5.11 Å². The molecule has 114 valence electrons. The highest BCUT2D eigenvalue weighted by Gasteiger charge is 2.26. The van der Waals surface area contributed by atoms with Gasteiger partial charge in [0.25, 0.3) is 0 Å². The Balaban J connectivity index is 2.54. The molecule has 1 atom stereocenters. The highest BCUT2D eigenvalue weighted by molar-refractivity contribution is 5.74. The van der Waals surface area contributed by atoms with Crippen molar-refractivity contribution >= 4 is 12.0 Å². The highest BCUT2D eigenvalue weighted by atomic mass is 16.4. The monoisotopic (exact) mass is 282 g/mol. The van der Waals surface area contributed by atoms with Crippen LogP contribution in [0.4, 0.5) is 4.79 Å². The molecule has 1 aliphatic rings. The van der Waals surface area contributed by atoms with Gasteiger partial charge in [0.2, 0.25) is 0 Å². The summed E-state index contributed by atoms with van der Waals surface area (Å²) in [5, 5.41) is 8.75. The number of hydrogen-bond acceptors (Lipinski definition) is 2. The van der Waals surface area contributed by atoms with E-state index in [9.17, 15) is 9.59 Å². The Morgan fingerprint density at radius 2 is 2.15 bits per heavy atom. The van der Waals surface area contributed by atoms with Crippen LogP contribution in [-0.4, -0.2) is 53.1 Å². The molecule has 0 aromatic rings. The van der Waals surface area contributed by atoms with Gasteiger partial charge in [-0.2, -0.15) is 0 Å². The molecule has 0 aliphatic carbocycles. The van der Waals surface area contributed by atoms with E-state index in [1.807, 2.05) is 18.7 Å². The summed E-state index contributed by atoms with van der Waals surface area (Å²) in [6, 6.07) is 0.0514. The number of carbonyl (C=O) groups is 2. The minimum absolute atomic E-state index is 0.0514. The molecule has 0 aromatic carbocycles. The number of carboxylic acids is 1. The first-order valence-electron chi connectivity index (χ1n) is 7.34. The summed E-state index contributed by atoms with van der Waals surface area (Å²) in [5.74, 6) is -0.446. The molecule has 0 radical (unpaired) electrons. The molecule has 1 unspecified atom stereocenters. The van der Waals surface area contributed by atoms with Gasteiger partial charge >= 0.3 is 12.0 Å². The van der Waals surface area contributed by atoms with Crippen LogP contribution in [0.1, 0.15) is 39.5 Å². The first-order valence-corrected chi connectivity index (χ1v) is 7.34. The van der Waals surface area contributed by atoms with Gasteiger partial charge in [0, 0.05) is 32.6 Å². The maximum Gasteiger partial charge on any atom is 0.320 e. The van der Waals surface area contributed by atoms with Gasteiger partial charge in [-0.05, 0) is 39.0 Å². The third kappa shape index (κ3) is 5.23. The molecular formula is C15H26N2O3. The zero-order valence-electron chi connectivity index (χ0n) is 12.6. The molecule has 20 heavy (non-hydrogen) atoms. The van der Waals surface area contributed by atoms with Crippen LogP contribution < -0.4 is 0 Å². The van der Waals surface area contributed by atoms with Crippen molar-refractivity contribution in [2.75, 3.05) is 26.2 Å². The molecule has 5 nitrogen and oxygen atoms in total. The van der Waals surface area contributed by atoms with E-state index >= 15 is 0 Å². The van der Waals surface area contributed by atoms with Crippen molar-refractivity contribution in [2.24, 2.45) is 5.92 Å². The minimum atomic E-state index is -0.758. The zero-order valence-corrected chi connectivity index (χ0v) is 12.6. The summed E-state index contributed by atoms with van der Waals surface area (Å²) in [4.78, 5) is 26.7. The Kier molecular flexibility index (Phi) is 6.55. The number of rotatable bonds is 6. The SMILES string of the molecule is C=C(C)CN(CC)C(=O)N1CCCC(CCC(=O)O)C1. The summed E-state index contributed by atoms with van der Waals surface area (Å²) >= 11 is 0. The van der Waals surface area contributed by atoms with Crippen LogP contribution in [0.15, 0.2) is 12.2 Å². The van der Waals surface area contributed by atoms with Gasteiger partial charge in [-0.3, -0.25) is 4.79 Å². The number of piperidine rings is 1. The number of hydrogen-bond donors (Lipinski definition) is 1. The van der Waals surface area contributed by atoms with Crippen molar-refractivity contribution < 1.29 is 14.7 Å². The van der Waals surface area contributed by atoms with Gasteiger partial charge in [-0.15, -0.1) is 0 Å². The minimum Gasteiger partial charge on any atom is -0.481 e. The lowest BCUT2D eigenvalue weighted by molar-refractivity contribution is -0.137. The Hall–Kier alpha value is -1.52. The molecule has 0 bridgehead atoms. The highest BCUT2D eigenvalue weighted by Crippen LogP contribution is 2.22. The predicted octanol–water partition coefficient (Wildman–Crippen LogP) is 2.58. The van der Waals surface area contributed by atoms with E-state index in [0.29, 0.717) is 32.0 Å². The lowest BCUT2D eigenvalue weighted by Crippen LogP contribution is -2.48. The zero-order chi connectivity index (χ0) is 15.1. The lowest BCUT2D eigenvalue weighted by atomic mass is 9.93. The molecule has 1 N–H and O–H groups in total. The fourth-order valence-corrected chi connectivity index (χ4v) is 2.64. The molecule has 2 amide bonds. The van der Waals surface area contributed by atoms with Crippen molar-refractivity contribution in [1.82, 2.24) is 9.80 Å². The number of urea groups is 1. The van der Waals surface area contributed by atoms with Gasteiger partial charge in [0.05, 0.1) is 0 Å². The fourth-order valence-electron chi connectivity index (χ4n) is 2.64. The number of carboxylic acid groups (broad SMARTS) is 1.